The van der Waals surface area contributed by atoms with Crippen LogP contribution in [0.2, 0.25) is 5.02 Å². The molecule has 3 N–H and O–H groups in total. The molecule has 0 aromatic heterocycles. The maximum absolute atomic E-state index is 12.1. The van der Waals surface area contributed by atoms with E-state index in [0.717, 1.165) is 24.2 Å². The van der Waals surface area contributed by atoms with E-state index in [9.17, 15) is 4.79 Å². The Hall–Kier alpha value is -1.10. The minimum atomic E-state index is -0.0415. The Bertz CT molecular complexity index is 485. The third-order valence-electron chi connectivity index (χ3n) is 3.81. The fourth-order valence-corrected chi connectivity index (χ4v) is 3.05. The van der Waals surface area contributed by atoms with Crippen molar-refractivity contribution in [2.75, 3.05) is 25.0 Å². The predicted molar refractivity (Wildman–Crippen MR) is 83.1 cm³/mol. The molecule has 2 unspecified atom stereocenters. The molecule has 1 aliphatic heterocycles. The van der Waals surface area contributed by atoms with Gasteiger partial charge >= 0.3 is 0 Å². The second-order valence-electron chi connectivity index (χ2n) is 5.82. The smallest absolute Gasteiger partial charge is 0.238 e. The summed E-state index contributed by atoms with van der Waals surface area (Å²) in [6.45, 7) is 8.05. The molecule has 1 heterocycles. The van der Waals surface area contributed by atoms with Gasteiger partial charge in [0.15, 0.2) is 0 Å². The summed E-state index contributed by atoms with van der Waals surface area (Å²) in [7, 11) is 0. The number of likely N-dealkylation sites (tertiary alicyclic amines) is 1. The molecule has 0 saturated carbocycles. The summed E-state index contributed by atoms with van der Waals surface area (Å²) in [5, 5.41) is 3.49. The average Bonchev–Trinajstić information content (AvgIpc) is 2.63. The van der Waals surface area contributed by atoms with Crippen LogP contribution in [0.25, 0.3) is 0 Å². The summed E-state index contributed by atoms with van der Waals surface area (Å²) in [5.41, 5.74) is 8.74. The van der Waals surface area contributed by atoms with Gasteiger partial charge in [-0.3, -0.25) is 9.69 Å². The third kappa shape index (κ3) is 3.51. The van der Waals surface area contributed by atoms with E-state index in [1.54, 1.807) is 0 Å². The molecule has 1 fully saturated rings. The zero-order valence-corrected chi connectivity index (χ0v) is 13.0. The Labute approximate surface area is 125 Å². The SMILES string of the molecule is Cc1cc(C)c(NC(=O)CN2CC(C)C(N)C2)c(Cl)c1. The van der Waals surface area contributed by atoms with E-state index in [1.807, 2.05) is 26.0 Å². The molecule has 1 aliphatic rings. The quantitative estimate of drug-likeness (QED) is 0.898. The standard InChI is InChI=1S/C15H22ClN3O/c1-9-4-10(2)15(12(16)5-9)18-14(20)8-19-6-11(3)13(17)7-19/h4-5,11,13H,6-8,17H2,1-3H3,(H,18,20). The van der Waals surface area contributed by atoms with Gasteiger partial charge in [-0.2, -0.15) is 0 Å². The molecule has 0 spiro atoms. The van der Waals surface area contributed by atoms with E-state index >= 15 is 0 Å². The Balaban J connectivity index is 1.99. The summed E-state index contributed by atoms with van der Waals surface area (Å²) in [5.74, 6) is 0.396. The van der Waals surface area contributed by atoms with Crippen LogP contribution in [0.1, 0.15) is 18.1 Å². The van der Waals surface area contributed by atoms with Crippen LogP contribution in [0.4, 0.5) is 5.69 Å². The fraction of sp³-hybridized carbons (Fsp3) is 0.533. The van der Waals surface area contributed by atoms with E-state index < -0.39 is 0 Å². The lowest BCUT2D eigenvalue weighted by Gasteiger charge is -2.16. The normalized spacial score (nSPS) is 23.1. The van der Waals surface area contributed by atoms with E-state index in [-0.39, 0.29) is 11.9 Å². The number of rotatable bonds is 3. The molecule has 1 saturated heterocycles. The van der Waals surface area contributed by atoms with Crippen LogP contribution in [-0.2, 0) is 4.79 Å². The molecule has 5 heteroatoms. The van der Waals surface area contributed by atoms with Crippen LogP contribution >= 0.6 is 11.6 Å². The van der Waals surface area contributed by atoms with Crippen molar-refractivity contribution in [3.8, 4) is 0 Å². The Morgan fingerprint density at radius 2 is 2.15 bits per heavy atom. The molecule has 1 aromatic carbocycles. The first-order valence-corrected chi connectivity index (χ1v) is 7.29. The fourth-order valence-electron chi connectivity index (χ4n) is 2.68. The molecule has 2 atom stereocenters. The molecule has 110 valence electrons. The Kier molecular flexibility index (Phi) is 4.68. The van der Waals surface area contributed by atoms with E-state index in [2.05, 4.69) is 17.1 Å². The van der Waals surface area contributed by atoms with E-state index in [1.165, 1.54) is 0 Å². The number of amides is 1. The second-order valence-corrected chi connectivity index (χ2v) is 6.23. The molecule has 1 aromatic rings. The third-order valence-corrected chi connectivity index (χ3v) is 4.11. The molecule has 2 rings (SSSR count). The van der Waals surface area contributed by atoms with Crippen molar-refractivity contribution >= 4 is 23.2 Å². The van der Waals surface area contributed by atoms with Crippen molar-refractivity contribution in [1.82, 2.24) is 4.90 Å². The van der Waals surface area contributed by atoms with Gasteiger partial charge in [-0.25, -0.2) is 0 Å². The van der Waals surface area contributed by atoms with Gasteiger partial charge in [0.2, 0.25) is 5.91 Å². The van der Waals surface area contributed by atoms with Gasteiger partial charge in [-0.15, -0.1) is 0 Å². The summed E-state index contributed by atoms with van der Waals surface area (Å²) >= 11 is 6.19. The average molecular weight is 296 g/mol. The first kappa shape index (κ1) is 15.3. The van der Waals surface area contributed by atoms with Crippen molar-refractivity contribution in [1.29, 1.82) is 0 Å². The highest BCUT2D eigenvalue weighted by Gasteiger charge is 2.27. The van der Waals surface area contributed by atoms with Gasteiger partial charge in [-0.1, -0.05) is 24.6 Å². The minimum absolute atomic E-state index is 0.0415. The highest BCUT2D eigenvalue weighted by molar-refractivity contribution is 6.34. The maximum atomic E-state index is 12.1. The zero-order valence-electron chi connectivity index (χ0n) is 12.2. The number of nitrogens with one attached hydrogen (secondary N) is 1. The Morgan fingerprint density at radius 3 is 2.70 bits per heavy atom. The first-order chi connectivity index (χ1) is 9.36. The van der Waals surface area contributed by atoms with Crippen molar-refractivity contribution in [3.63, 3.8) is 0 Å². The van der Waals surface area contributed by atoms with E-state index in [4.69, 9.17) is 17.3 Å². The number of hydrogen-bond acceptors (Lipinski definition) is 3. The number of benzene rings is 1. The molecule has 1 amide bonds. The van der Waals surface area contributed by atoms with Crippen LogP contribution in [0.3, 0.4) is 0 Å². The highest BCUT2D eigenvalue weighted by atomic mass is 35.5. The maximum Gasteiger partial charge on any atom is 0.238 e. The topological polar surface area (TPSA) is 58.4 Å². The number of anilines is 1. The molecular formula is C15H22ClN3O. The first-order valence-electron chi connectivity index (χ1n) is 6.91. The molecule has 0 aliphatic carbocycles. The summed E-state index contributed by atoms with van der Waals surface area (Å²) in [6, 6.07) is 4.03. The number of hydrogen-bond donors (Lipinski definition) is 2. The summed E-state index contributed by atoms with van der Waals surface area (Å²) in [4.78, 5) is 14.2. The van der Waals surface area contributed by atoms with Gasteiger partial charge in [0.05, 0.1) is 17.3 Å². The molecule has 4 nitrogen and oxygen atoms in total. The summed E-state index contributed by atoms with van der Waals surface area (Å²) in [6.07, 6.45) is 0. The predicted octanol–water partition coefficient (Wildman–Crippen LogP) is 2.17. The van der Waals surface area contributed by atoms with Crippen molar-refractivity contribution in [2.24, 2.45) is 11.7 Å². The lowest BCUT2D eigenvalue weighted by Crippen LogP contribution is -2.34. The Morgan fingerprint density at radius 1 is 1.45 bits per heavy atom. The second kappa shape index (κ2) is 6.12. The molecule has 0 radical (unpaired) electrons. The van der Waals surface area contributed by atoms with Crippen LogP contribution in [0, 0.1) is 19.8 Å². The van der Waals surface area contributed by atoms with Crippen LogP contribution in [-0.4, -0.2) is 36.5 Å². The number of nitrogens with zero attached hydrogens (tertiary/aromatic N) is 1. The lowest BCUT2D eigenvalue weighted by molar-refractivity contribution is -0.117. The van der Waals surface area contributed by atoms with Crippen molar-refractivity contribution in [3.05, 3.63) is 28.3 Å². The number of halogens is 1. The highest BCUT2D eigenvalue weighted by Crippen LogP contribution is 2.27. The zero-order chi connectivity index (χ0) is 14.9. The van der Waals surface area contributed by atoms with Crippen LogP contribution in [0.5, 0.6) is 0 Å². The molecule has 20 heavy (non-hydrogen) atoms. The van der Waals surface area contributed by atoms with Crippen molar-refractivity contribution < 1.29 is 4.79 Å². The number of aryl methyl sites for hydroxylation is 2. The monoisotopic (exact) mass is 295 g/mol. The molecule has 0 bridgehead atoms. The number of nitrogens with two attached hydrogens (primary N) is 1. The van der Waals surface area contributed by atoms with Crippen LogP contribution in [0.15, 0.2) is 12.1 Å². The van der Waals surface area contributed by atoms with Gasteiger partial charge in [0.25, 0.3) is 0 Å². The largest absolute Gasteiger partial charge is 0.326 e. The van der Waals surface area contributed by atoms with Gasteiger partial charge in [0, 0.05) is 19.1 Å². The summed E-state index contributed by atoms with van der Waals surface area (Å²) < 4.78 is 0. The lowest BCUT2D eigenvalue weighted by atomic mass is 10.1. The van der Waals surface area contributed by atoms with Gasteiger partial charge < -0.3 is 11.1 Å². The molecular weight excluding hydrogens is 274 g/mol. The minimum Gasteiger partial charge on any atom is -0.326 e. The van der Waals surface area contributed by atoms with E-state index in [0.29, 0.717) is 23.2 Å². The van der Waals surface area contributed by atoms with Crippen LogP contribution < -0.4 is 11.1 Å². The van der Waals surface area contributed by atoms with Gasteiger partial charge in [-0.05, 0) is 37.0 Å². The van der Waals surface area contributed by atoms with Gasteiger partial charge in [0.1, 0.15) is 0 Å². The number of carbonyl (C=O) groups is 1. The number of carbonyl (C=O) groups excluding carboxylic acids is 1. The van der Waals surface area contributed by atoms with Crippen molar-refractivity contribution in [2.45, 2.75) is 26.8 Å².